The van der Waals surface area contributed by atoms with Crippen LogP contribution in [0.15, 0.2) is 71.7 Å². The fraction of sp³-hybridized carbons (Fsp3) is 0.143. The van der Waals surface area contributed by atoms with Crippen molar-refractivity contribution in [2.24, 2.45) is 0 Å². The molecule has 0 saturated carbocycles. The zero-order valence-corrected chi connectivity index (χ0v) is 15.2. The zero-order chi connectivity index (χ0) is 18.5. The molecule has 0 aliphatic carbocycles. The Morgan fingerprint density at radius 2 is 1.62 bits per heavy atom. The van der Waals surface area contributed by atoms with Gasteiger partial charge < -0.3 is 9.88 Å². The minimum atomic E-state index is -0.251. The highest BCUT2D eigenvalue weighted by atomic mass is 35.5. The van der Waals surface area contributed by atoms with E-state index in [1.54, 1.807) is 18.3 Å². The summed E-state index contributed by atoms with van der Waals surface area (Å²) in [6, 6.07) is 17.9. The predicted molar refractivity (Wildman–Crippen MR) is 105 cm³/mol. The molecule has 5 heteroatoms. The van der Waals surface area contributed by atoms with Crippen LogP contribution in [0.25, 0.3) is 0 Å². The van der Waals surface area contributed by atoms with E-state index in [0.29, 0.717) is 17.1 Å². The normalized spacial score (nSPS) is 10.5. The number of aromatic nitrogens is 1. The van der Waals surface area contributed by atoms with Crippen LogP contribution in [-0.2, 0) is 13.0 Å². The van der Waals surface area contributed by atoms with Crippen molar-refractivity contribution in [3.8, 4) is 0 Å². The number of amides is 1. The number of pyridine rings is 1. The first-order valence-corrected chi connectivity index (χ1v) is 8.78. The largest absolute Gasteiger partial charge is 0.322 e. The monoisotopic (exact) mass is 366 g/mol. The third kappa shape index (κ3) is 4.41. The molecule has 1 N–H and O–H groups in total. The molecule has 0 saturated heterocycles. The standard InChI is InChI=1S/C21H19ClN2O2/c1-2-15-5-10-19(11-6-15)23-21(26)17-7-12-20(25)24(14-17)13-16-3-8-18(22)9-4-16/h3-12,14H,2,13H2,1H3,(H,23,26). The Labute approximate surface area is 157 Å². The number of carbonyl (C=O) groups is 1. The van der Waals surface area contributed by atoms with E-state index in [4.69, 9.17) is 11.6 Å². The van der Waals surface area contributed by atoms with Crippen molar-refractivity contribution in [3.63, 3.8) is 0 Å². The molecule has 2 aromatic carbocycles. The molecule has 0 unspecified atom stereocenters. The quantitative estimate of drug-likeness (QED) is 0.729. The van der Waals surface area contributed by atoms with Crippen LogP contribution in [0.5, 0.6) is 0 Å². The third-order valence-electron chi connectivity index (χ3n) is 4.13. The number of halogens is 1. The lowest BCUT2D eigenvalue weighted by Gasteiger charge is -2.10. The molecular formula is C21H19ClN2O2. The summed E-state index contributed by atoms with van der Waals surface area (Å²) in [5.41, 5.74) is 3.13. The fourth-order valence-corrected chi connectivity index (χ4v) is 2.73. The fourth-order valence-electron chi connectivity index (χ4n) is 2.60. The topological polar surface area (TPSA) is 51.1 Å². The van der Waals surface area contributed by atoms with Crippen LogP contribution in [0.4, 0.5) is 5.69 Å². The first-order chi connectivity index (χ1) is 12.5. The van der Waals surface area contributed by atoms with Crippen LogP contribution in [0, 0.1) is 0 Å². The first-order valence-electron chi connectivity index (χ1n) is 8.40. The van der Waals surface area contributed by atoms with Gasteiger partial charge in [-0.3, -0.25) is 9.59 Å². The Bertz CT molecular complexity index is 961. The second-order valence-corrected chi connectivity index (χ2v) is 6.45. The van der Waals surface area contributed by atoms with Crippen molar-refractivity contribution in [2.75, 3.05) is 5.32 Å². The van der Waals surface area contributed by atoms with Gasteiger partial charge in [0.2, 0.25) is 0 Å². The number of carbonyl (C=O) groups excluding carboxylic acids is 1. The van der Waals surface area contributed by atoms with Crippen molar-refractivity contribution in [1.82, 2.24) is 4.57 Å². The van der Waals surface area contributed by atoms with Gasteiger partial charge in [0.1, 0.15) is 0 Å². The second-order valence-electron chi connectivity index (χ2n) is 6.01. The van der Waals surface area contributed by atoms with Crippen LogP contribution in [-0.4, -0.2) is 10.5 Å². The van der Waals surface area contributed by atoms with Gasteiger partial charge in [-0.1, -0.05) is 42.8 Å². The molecule has 0 aliphatic heterocycles. The minimum absolute atomic E-state index is 0.163. The van der Waals surface area contributed by atoms with E-state index >= 15 is 0 Å². The van der Waals surface area contributed by atoms with Crippen molar-refractivity contribution in [3.05, 3.63) is 98.9 Å². The summed E-state index contributed by atoms with van der Waals surface area (Å²) >= 11 is 5.89. The Morgan fingerprint density at radius 1 is 0.962 bits per heavy atom. The van der Waals surface area contributed by atoms with Crippen LogP contribution in [0.1, 0.15) is 28.4 Å². The van der Waals surface area contributed by atoms with Crippen molar-refractivity contribution in [1.29, 1.82) is 0 Å². The number of anilines is 1. The SMILES string of the molecule is CCc1ccc(NC(=O)c2ccc(=O)n(Cc3ccc(Cl)cc3)c2)cc1. The lowest BCUT2D eigenvalue weighted by atomic mass is 10.1. The summed E-state index contributed by atoms with van der Waals surface area (Å²) in [6.45, 7) is 2.46. The molecule has 3 rings (SSSR count). The molecule has 0 atom stereocenters. The van der Waals surface area contributed by atoms with E-state index in [9.17, 15) is 9.59 Å². The molecule has 4 nitrogen and oxygen atoms in total. The molecule has 132 valence electrons. The molecule has 0 aliphatic rings. The number of hydrogen-bond donors (Lipinski definition) is 1. The van der Waals surface area contributed by atoms with Gasteiger partial charge >= 0.3 is 0 Å². The van der Waals surface area contributed by atoms with E-state index in [1.807, 2.05) is 36.4 Å². The number of rotatable bonds is 5. The van der Waals surface area contributed by atoms with Gasteiger partial charge in [0, 0.05) is 23.0 Å². The molecule has 26 heavy (non-hydrogen) atoms. The van der Waals surface area contributed by atoms with Crippen LogP contribution in [0.2, 0.25) is 5.02 Å². The smallest absolute Gasteiger partial charge is 0.257 e. The molecular weight excluding hydrogens is 348 g/mol. The number of nitrogens with one attached hydrogen (secondary N) is 1. The highest BCUT2D eigenvalue weighted by Gasteiger charge is 2.09. The van der Waals surface area contributed by atoms with Crippen molar-refractivity contribution < 1.29 is 4.79 Å². The van der Waals surface area contributed by atoms with Crippen molar-refractivity contribution in [2.45, 2.75) is 19.9 Å². The van der Waals surface area contributed by atoms with Crippen LogP contribution in [0.3, 0.4) is 0 Å². The summed E-state index contributed by atoms with van der Waals surface area (Å²) < 4.78 is 1.51. The Hall–Kier alpha value is -2.85. The van der Waals surface area contributed by atoms with Crippen LogP contribution >= 0.6 is 11.6 Å². The first kappa shape index (κ1) is 18.0. The summed E-state index contributed by atoms with van der Waals surface area (Å²) in [5.74, 6) is -0.251. The molecule has 0 fully saturated rings. The second kappa shape index (κ2) is 8.02. The van der Waals surface area contributed by atoms with E-state index < -0.39 is 0 Å². The third-order valence-corrected chi connectivity index (χ3v) is 4.38. The van der Waals surface area contributed by atoms with E-state index in [1.165, 1.54) is 22.3 Å². The Balaban J connectivity index is 1.78. The maximum absolute atomic E-state index is 12.5. The molecule has 1 amide bonds. The highest BCUT2D eigenvalue weighted by molar-refractivity contribution is 6.30. The molecule has 1 heterocycles. The summed E-state index contributed by atoms with van der Waals surface area (Å²) in [4.78, 5) is 24.6. The van der Waals surface area contributed by atoms with Gasteiger partial charge in [0.25, 0.3) is 11.5 Å². The average molecular weight is 367 g/mol. The number of benzene rings is 2. The van der Waals surface area contributed by atoms with E-state index in [2.05, 4.69) is 12.2 Å². The number of hydrogen-bond acceptors (Lipinski definition) is 2. The van der Waals surface area contributed by atoms with Gasteiger partial charge in [-0.05, 0) is 47.9 Å². The zero-order valence-electron chi connectivity index (χ0n) is 14.4. The summed E-state index contributed by atoms with van der Waals surface area (Å²) in [7, 11) is 0. The van der Waals surface area contributed by atoms with Gasteiger partial charge in [0.15, 0.2) is 0 Å². The molecule has 0 spiro atoms. The number of aryl methyl sites for hydroxylation is 1. The van der Waals surface area contributed by atoms with Gasteiger partial charge in [0.05, 0.1) is 12.1 Å². The van der Waals surface area contributed by atoms with Gasteiger partial charge in [-0.25, -0.2) is 0 Å². The molecule has 3 aromatic rings. The highest BCUT2D eigenvalue weighted by Crippen LogP contribution is 2.13. The lowest BCUT2D eigenvalue weighted by Crippen LogP contribution is -2.22. The molecule has 1 aromatic heterocycles. The maximum atomic E-state index is 12.5. The average Bonchev–Trinajstić information content (AvgIpc) is 2.66. The summed E-state index contributed by atoms with van der Waals surface area (Å²) in [6.07, 6.45) is 2.52. The minimum Gasteiger partial charge on any atom is -0.322 e. The van der Waals surface area contributed by atoms with E-state index in [0.717, 1.165) is 17.7 Å². The maximum Gasteiger partial charge on any atom is 0.257 e. The number of nitrogens with zero attached hydrogens (tertiary/aromatic N) is 1. The van der Waals surface area contributed by atoms with E-state index in [-0.39, 0.29) is 11.5 Å². The Kier molecular flexibility index (Phi) is 5.54. The Morgan fingerprint density at radius 3 is 2.27 bits per heavy atom. The van der Waals surface area contributed by atoms with Gasteiger partial charge in [-0.2, -0.15) is 0 Å². The van der Waals surface area contributed by atoms with Crippen LogP contribution < -0.4 is 10.9 Å². The summed E-state index contributed by atoms with van der Waals surface area (Å²) in [5, 5.41) is 3.50. The predicted octanol–water partition coefficient (Wildman–Crippen LogP) is 4.36. The molecule has 0 radical (unpaired) electrons. The lowest BCUT2D eigenvalue weighted by molar-refractivity contribution is 0.102. The van der Waals surface area contributed by atoms with Crippen molar-refractivity contribution >= 4 is 23.2 Å². The van der Waals surface area contributed by atoms with Gasteiger partial charge in [-0.15, -0.1) is 0 Å². The molecule has 0 bridgehead atoms.